The molecule has 2 aromatic heterocycles. The number of rotatable bonds is 5. The van der Waals surface area contributed by atoms with Crippen molar-refractivity contribution in [2.24, 2.45) is 5.92 Å². The molecule has 0 bridgehead atoms. The van der Waals surface area contributed by atoms with E-state index in [1.807, 2.05) is 37.1 Å². The predicted octanol–water partition coefficient (Wildman–Crippen LogP) is 3.54. The second kappa shape index (κ2) is 9.11. The minimum Gasteiger partial charge on any atom is -0.356 e. The maximum atomic E-state index is 12.5. The Balaban J connectivity index is 1.55. The number of likely N-dealkylation sites (tertiary alicyclic amines) is 1. The van der Waals surface area contributed by atoms with Gasteiger partial charge in [0.2, 0.25) is 5.91 Å². The molecular weight excluding hydrogens is 374 g/mol. The van der Waals surface area contributed by atoms with Gasteiger partial charge in [0.1, 0.15) is 11.6 Å². The summed E-state index contributed by atoms with van der Waals surface area (Å²) >= 11 is 0. The average molecular weight is 408 g/mol. The molecule has 0 spiro atoms. The van der Waals surface area contributed by atoms with Crippen LogP contribution in [0.4, 0.5) is 5.82 Å². The zero-order valence-corrected chi connectivity index (χ0v) is 18.5. The van der Waals surface area contributed by atoms with E-state index in [0.717, 1.165) is 81.3 Å². The van der Waals surface area contributed by atoms with Gasteiger partial charge < -0.3 is 9.80 Å². The summed E-state index contributed by atoms with van der Waals surface area (Å²) < 4.78 is 0. The number of pyridine rings is 1. The zero-order chi connectivity index (χ0) is 21.1. The molecule has 30 heavy (non-hydrogen) atoms. The molecule has 160 valence electrons. The lowest BCUT2D eigenvalue weighted by Gasteiger charge is -2.35. The molecule has 1 fully saturated rings. The van der Waals surface area contributed by atoms with Crippen molar-refractivity contribution in [2.75, 3.05) is 31.1 Å². The highest BCUT2D eigenvalue weighted by Crippen LogP contribution is 2.32. The van der Waals surface area contributed by atoms with Crippen molar-refractivity contribution in [3.8, 4) is 0 Å². The van der Waals surface area contributed by atoms with Gasteiger partial charge in [-0.3, -0.25) is 9.78 Å². The van der Waals surface area contributed by atoms with Gasteiger partial charge in [-0.15, -0.1) is 0 Å². The summed E-state index contributed by atoms with van der Waals surface area (Å²) in [4.78, 5) is 31.4. The SMILES string of the molecule is Cc1nc([C@H]2CCCN(C(=O)C(C)C)C2)nc2c1CCCN2CCc1ccccn1. The minimum absolute atomic E-state index is 0.0389. The number of fused-ring (bicyclic) bond motifs is 1. The number of hydrogen-bond acceptors (Lipinski definition) is 5. The molecule has 0 aromatic carbocycles. The fraction of sp³-hybridized carbons (Fsp3) is 0.583. The third kappa shape index (κ3) is 4.47. The Bertz CT molecular complexity index is 883. The Morgan fingerprint density at radius 2 is 2.07 bits per heavy atom. The lowest BCUT2D eigenvalue weighted by Crippen LogP contribution is -2.42. The second-order valence-corrected chi connectivity index (χ2v) is 8.91. The normalized spacial score (nSPS) is 19.1. The number of carbonyl (C=O) groups excluding carboxylic acids is 1. The molecule has 2 aliphatic heterocycles. The molecule has 2 aromatic rings. The Morgan fingerprint density at radius 3 is 2.83 bits per heavy atom. The van der Waals surface area contributed by atoms with E-state index in [9.17, 15) is 4.79 Å². The van der Waals surface area contributed by atoms with Crippen LogP contribution in [0.15, 0.2) is 24.4 Å². The molecule has 0 unspecified atom stereocenters. The van der Waals surface area contributed by atoms with Crippen molar-refractivity contribution in [3.63, 3.8) is 0 Å². The van der Waals surface area contributed by atoms with Gasteiger partial charge in [-0.2, -0.15) is 0 Å². The fourth-order valence-corrected chi connectivity index (χ4v) is 4.66. The van der Waals surface area contributed by atoms with Crippen LogP contribution < -0.4 is 4.90 Å². The lowest BCUT2D eigenvalue weighted by molar-refractivity contribution is -0.135. The fourth-order valence-electron chi connectivity index (χ4n) is 4.66. The molecule has 1 amide bonds. The van der Waals surface area contributed by atoms with E-state index in [1.165, 1.54) is 5.56 Å². The first-order chi connectivity index (χ1) is 14.5. The molecule has 1 atom stereocenters. The van der Waals surface area contributed by atoms with Crippen LogP contribution in [0, 0.1) is 12.8 Å². The summed E-state index contributed by atoms with van der Waals surface area (Å²) in [6.07, 6.45) is 7.03. The third-order valence-corrected chi connectivity index (χ3v) is 6.32. The number of amides is 1. The lowest BCUT2D eigenvalue weighted by atomic mass is 9.95. The van der Waals surface area contributed by atoms with E-state index in [4.69, 9.17) is 9.97 Å². The number of carbonyl (C=O) groups is 1. The molecule has 6 nitrogen and oxygen atoms in total. The van der Waals surface area contributed by atoms with Crippen LogP contribution in [0.25, 0.3) is 0 Å². The third-order valence-electron chi connectivity index (χ3n) is 6.32. The average Bonchev–Trinajstić information content (AvgIpc) is 2.78. The molecule has 2 aliphatic rings. The van der Waals surface area contributed by atoms with Crippen LogP contribution in [0.5, 0.6) is 0 Å². The number of piperidine rings is 1. The maximum Gasteiger partial charge on any atom is 0.225 e. The predicted molar refractivity (Wildman–Crippen MR) is 119 cm³/mol. The molecule has 6 heteroatoms. The molecule has 0 aliphatic carbocycles. The van der Waals surface area contributed by atoms with E-state index in [-0.39, 0.29) is 17.7 Å². The van der Waals surface area contributed by atoms with Gasteiger partial charge >= 0.3 is 0 Å². The minimum atomic E-state index is 0.0389. The molecule has 4 rings (SSSR count). The van der Waals surface area contributed by atoms with Crippen molar-refractivity contribution in [3.05, 3.63) is 47.2 Å². The first kappa shape index (κ1) is 20.8. The Hall–Kier alpha value is -2.50. The number of aromatic nitrogens is 3. The van der Waals surface area contributed by atoms with Crippen LogP contribution in [-0.2, 0) is 17.6 Å². The number of aryl methyl sites for hydroxylation is 1. The molecule has 0 N–H and O–H groups in total. The van der Waals surface area contributed by atoms with Gasteiger partial charge in [-0.25, -0.2) is 9.97 Å². The summed E-state index contributed by atoms with van der Waals surface area (Å²) in [6, 6.07) is 6.09. The smallest absolute Gasteiger partial charge is 0.225 e. The highest BCUT2D eigenvalue weighted by Gasteiger charge is 2.30. The van der Waals surface area contributed by atoms with Gasteiger partial charge in [-0.1, -0.05) is 19.9 Å². The van der Waals surface area contributed by atoms with E-state index >= 15 is 0 Å². The molecule has 0 radical (unpaired) electrons. The quantitative estimate of drug-likeness (QED) is 0.759. The van der Waals surface area contributed by atoms with Crippen LogP contribution in [0.1, 0.15) is 61.8 Å². The van der Waals surface area contributed by atoms with Gasteiger partial charge in [0.05, 0.1) is 0 Å². The monoisotopic (exact) mass is 407 g/mol. The first-order valence-electron chi connectivity index (χ1n) is 11.3. The van der Waals surface area contributed by atoms with Crippen LogP contribution in [0.3, 0.4) is 0 Å². The molecule has 0 saturated carbocycles. The molecule has 1 saturated heterocycles. The van der Waals surface area contributed by atoms with E-state index < -0.39 is 0 Å². The Morgan fingerprint density at radius 1 is 1.20 bits per heavy atom. The van der Waals surface area contributed by atoms with Crippen LogP contribution >= 0.6 is 0 Å². The number of hydrogen-bond donors (Lipinski definition) is 0. The maximum absolute atomic E-state index is 12.5. The van der Waals surface area contributed by atoms with Crippen molar-refractivity contribution in [2.45, 2.75) is 58.8 Å². The second-order valence-electron chi connectivity index (χ2n) is 8.91. The first-order valence-corrected chi connectivity index (χ1v) is 11.3. The van der Waals surface area contributed by atoms with Gasteiger partial charge in [0, 0.05) is 67.6 Å². The number of nitrogens with zero attached hydrogens (tertiary/aromatic N) is 5. The summed E-state index contributed by atoms with van der Waals surface area (Å²) in [5, 5.41) is 0. The highest BCUT2D eigenvalue weighted by atomic mass is 16.2. The molecule has 4 heterocycles. The summed E-state index contributed by atoms with van der Waals surface area (Å²) in [6.45, 7) is 9.61. The van der Waals surface area contributed by atoms with Crippen molar-refractivity contribution in [1.82, 2.24) is 19.9 Å². The number of anilines is 1. The topological polar surface area (TPSA) is 62.2 Å². The molecular formula is C24H33N5O. The van der Waals surface area contributed by atoms with Gasteiger partial charge in [0.25, 0.3) is 0 Å². The standard InChI is InChI=1S/C24H33N5O/c1-17(2)24(30)29-14-6-8-19(16-29)22-26-18(3)21-10-7-13-28(23(21)27-22)15-11-20-9-4-5-12-25-20/h4-5,9,12,17,19H,6-8,10-11,13-16H2,1-3H3/t19-/m0/s1. The Labute approximate surface area is 179 Å². The highest BCUT2D eigenvalue weighted by molar-refractivity contribution is 5.78. The Kier molecular flexibility index (Phi) is 6.30. The van der Waals surface area contributed by atoms with Crippen molar-refractivity contribution in [1.29, 1.82) is 0 Å². The van der Waals surface area contributed by atoms with Gasteiger partial charge in [-0.05, 0) is 44.7 Å². The van der Waals surface area contributed by atoms with Crippen LogP contribution in [-0.4, -0.2) is 51.9 Å². The van der Waals surface area contributed by atoms with Crippen molar-refractivity contribution >= 4 is 11.7 Å². The largest absolute Gasteiger partial charge is 0.356 e. The summed E-state index contributed by atoms with van der Waals surface area (Å²) in [7, 11) is 0. The van der Waals surface area contributed by atoms with E-state index in [0.29, 0.717) is 0 Å². The van der Waals surface area contributed by atoms with Crippen LogP contribution in [0.2, 0.25) is 0 Å². The van der Waals surface area contributed by atoms with E-state index in [1.54, 1.807) is 0 Å². The zero-order valence-electron chi connectivity index (χ0n) is 18.5. The summed E-state index contributed by atoms with van der Waals surface area (Å²) in [5.41, 5.74) is 3.51. The van der Waals surface area contributed by atoms with Crippen molar-refractivity contribution < 1.29 is 4.79 Å². The summed E-state index contributed by atoms with van der Waals surface area (Å²) in [5.74, 6) is 2.53. The van der Waals surface area contributed by atoms with E-state index in [2.05, 4.69) is 22.9 Å². The van der Waals surface area contributed by atoms with Gasteiger partial charge in [0.15, 0.2) is 0 Å².